The van der Waals surface area contributed by atoms with E-state index in [2.05, 4.69) is 10.4 Å². The number of nitrogens with zero attached hydrogens (tertiary/aromatic N) is 3. The first kappa shape index (κ1) is 17.6. The Bertz CT molecular complexity index is 1170. The molecule has 0 bridgehead atoms. The van der Waals surface area contributed by atoms with E-state index in [1.54, 1.807) is 11.0 Å². The highest BCUT2D eigenvalue weighted by Gasteiger charge is 2.43. The lowest BCUT2D eigenvalue weighted by molar-refractivity contribution is -0.131. The van der Waals surface area contributed by atoms with E-state index in [0.717, 1.165) is 10.9 Å². The van der Waals surface area contributed by atoms with Crippen LogP contribution in [0.4, 0.5) is 0 Å². The van der Waals surface area contributed by atoms with Crippen LogP contribution in [0.3, 0.4) is 0 Å². The fourth-order valence-corrected chi connectivity index (χ4v) is 4.32. The molecule has 7 nitrogen and oxygen atoms in total. The third-order valence-corrected chi connectivity index (χ3v) is 5.87. The van der Waals surface area contributed by atoms with E-state index in [1.807, 2.05) is 48.5 Å². The second-order valence-corrected chi connectivity index (χ2v) is 7.63. The van der Waals surface area contributed by atoms with Crippen molar-refractivity contribution in [3.63, 3.8) is 0 Å². The van der Waals surface area contributed by atoms with Crippen LogP contribution in [0.15, 0.2) is 59.4 Å². The molecule has 29 heavy (non-hydrogen) atoms. The molecule has 0 saturated carbocycles. The average molecular weight is 388 g/mol. The maximum absolute atomic E-state index is 13.0. The van der Waals surface area contributed by atoms with Crippen molar-refractivity contribution in [3.8, 4) is 11.3 Å². The molecule has 146 valence electrons. The van der Waals surface area contributed by atoms with Crippen molar-refractivity contribution in [2.45, 2.75) is 6.54 Å². The van der Waals surface area contributed by atoms with Crippen molar-refractivity contribution < 1.29 is 9.59 Å². The molecule has 0 unspecified atom stereocenters. The highest BCUT2D eigenvalue weighted by Crippen LogP contribution is 2.28. The van der Waals surface area contributed by atoms with Gasteiger partial charge >= 0.3 is 0 Å². The van der Waals surface area contributed by atoms with Crippen molar-refractivity contribution in [2.24, 2.45) is 11.8 Å². The average Bonchev–Trinajstić information content (AvgIpc) is 3.33. The normalized spacial score (nSPS) is 20.7. The third kappa shape index (κ3) is 2.99. The number of amides is 2. The van der Waals surface area contributed by atoms with Crippen molar-refractivity contribution in [3.05, 3.63) is 65.0 Å². The van der Waals surface area contributed by atoms with Crippen LogP contribution in [0.1, 0.15) is 0 Å². The minimum Gasteiger partial charge on any atom is -0.355 e. The summed E-state index contributed by atoms with van der Waals surface area (Å²) in [7, 11) is 0. The maximum atomic E-state index is 13.0. The Morgan fingerprint density at radius 1 is 1.00 bits per heavy atom. The lowest BCUT2D eigenvalue weighted by atomic mass is 10.0. The summed E-state index contributed by atoms with van der Waals surface area (Å²) < 4.78 is 1.25. The molecule has 2 aliphatic heterocycles. The van der Waals surface area contributed by atoms with E-state index in [1.165, 1.54) is 4.68 Å². The highest BCUT2D eigenvalue weighted by molar-refractivity contribution is 5.94. The van der Waals surface area contributed by atoms with Crippen LogP contribution >= 0.6 is 0 Å². The Labute approximate surface area is 166 Å². The summed E-state index contributed by atoms with van der Waals surface area (Å²) in [5.41, 5.74) is 1.27. The van der Waals surface area contributed by atoms with Gasteiger partial charge in [-0.1, -0.05) is 48.5 Å². The summed E-state index contributed by atoms with van der Waals surface area (Å²) in [6.45, 7) is 1.42. The van der Waals surface area contributed by atoms with Crippen LogP contribution in [0.25, 0.3) is 22.0 Å². The first-order valence-electron chi connectivity index (χ1n) is 9.72. The zero-order valence-electron chi connectivity index (χ0n) is 15.7. The minimum absolute atomic E-state index is 0.0117. The standard InChI is InChI=1S/C22H20N4O3/c27-19(25-11-15-10-23-21(28)18(15)12-25)13-26-22(29)17-9-5-4-8-16(17)20(24-26)14-6-2-1-3-7-14/h1-9,15,18H,10-13H2,(H,23,28)/t15-,18+/m0/s1. The fourth-order valence-electron chi connectivity index (χ4n) is 4.32. The summed E-state index contributed by atoms with van der Waals surface area (Å²) in [5.74, 6) is -0.151. The van der Waals surface area contributed by atoms with Crippen molar-refractivity contribution in [1.82, 2.24) is 20.0 Å². The van der Waals surface area contributed by atoms with Gasteiger partial charge < -0.3 is 10.2 Å². The van der Waals surface area contributed by atoms with Gasteiger partial charge in [-0.3, -0.25) is 14.4 Å². The topological polar surface area (TPSA) is 84.3 Å². The summed E-state index contributed by atoms with van der Waals surface area (Å²) in [6.07, 6.45) is 0. The molecule has 5 rings (SSSR count). The first-order valence-corrected chi connectivity index (χ1v) is 9.72. The number of hydrogen-bond acceptors (Lipinski definition) is 4. The predicted molar refractivity (Wildman–Crippen MR) is 108 cm³/mol. The predicted octanol–water partition coefficient (Wildman–Crippen LogP) is 1.27. The number of benzene rings is 2. The van der Waals surface area contributed by atoms with Gasteiger partial charge in [0.1, 0.15) is 6.54 Å². The van der Waals surface area contributed by atoms with E-state index in [4.69, 9.17) is 0 Å². The number of nitrogens with one attached hydrogen (secondary N) is 1. The molecule has 7 heteroatoms. The molecule has 0 radical (unpaired) electrons. The highest BCUT2D eigenvalue weighted by atomic mass is 16.2. The summed E-state index contributed by atoms with van der Waals surface area (Å²) >= 11 is 0. The molecular weight excluding hydrogens is 368 g/mol. The smallest absolute Gasteiger partial charge is 0.275 e. The molecule has 2 amide bonds. The van der Waals surface area contributed by atoms with E-state index < -0.39 is 0 Å². The van der Waals surface area contributed by atoms with Gasteiger partial charge in [-0.25, -0.2) is 4.68 Å². The summed E-state index contributed by atoms with van der Waals surface area (Å²) in [4.78, 5) is 39.4. The van der Waals surface area contributed by atoms with E-state index in [-0.39, 0.29) is 35.8 Å². The van der Waals surface area contributed by atoms with Crippen LogP contribution in [0, 0.1) is 11.8 Å². The van der Waals surface area contributed by atoms with Crippen LogP contribution in [-0.4, -0.2) is 46.1 Å². The minimum atomic E-state index is -0.286. The number of hydrogen-bond donors (Lipinski definition) is 1. The van der Waals surface area contributed by atoms with Gasteiger partial charge in [0.05, 0.1) is 17.0 Å². The van der Waals surface area contributed by atoms with Gasteiger partial charge in [0.25, 0.3) is 5.56 Å². The fraction of sp³-hybridized carbons (Fsp3) is 0.273. The Morgan fingerprint density at radius 3 is 2.48 bits per heavy atom. The second kappa shape index (κ2) is 6.84. The van der Waals surface area contributed by atoms with E-state index in [9.17, 15) is 14.4 Å². The largest absolute Gasteiger partial charge is 0.355 e. The molecular formula is C22H20N4O3. The van der Waals surface area contributed by atoms with Crippen molar-refractivity contribution >= 4 is 22.6 Å². The SMILES string of the molecule is O=C1NC[C@H]2CN(C(=O)Cn3nc(-c4ccccc4)c4ccccc4c3=O)C[C@@H]12. The molecule has 0 spiro atoms. The molecule has 3 aromatic rings. The van der Waals surface area contributed by atoms with Gasteiger partial charge in [-0.05, 0) is 6.07 Å². The number of fused-ring (bicyclic) bond motifs is 2. The Morgan fingerprint density at radius 2 is 1.72 bits per heavy atom. The molecule has 2 fully saturated rings. The van der Waals surface area contributed by atoms with E-state index >= 15 is 0 Å². The van der Waals surface area contributed by atoms with Gasteiger partial charge in [-0.15, -0.1) is 0 Å². The monoisotopic (exact) mass is 388 g/mol. The molecule has 3 heterocycles. The Hall–Kier alpha value is -3.48. The maximum Gasteiger partial charge on any atom is 0.275 e. The number of rotatable bonds is 3. The molecule has 0 aliphatic carbocycles. The van der Waals surface area contributed by atoms with Crippen LogP contribution < -0.4 is 10.9 Å². The van der Waals surface area contributed by atoms with Crippen molar-refractivity contribution in [1.29, 1.82) is 0 Å². The van der Waals surface area contributed by atoms with Crippen LogP contribution in [0.2, 0.25) is 0 Å². The lowest BCUT2D eigenvalue weighted by Crippen LogP contribution is -2.38. The first-order chi connectivity index (χ1) is 14.1. The third-order valence-electron chi connectivity index (χ3n) is 5.87. The summed E-state index contributed by atoms with van der Waals surface area (Å²) in [5, 5.41) is 8.69. The zero-order valence-corrected chi connectivity index (χ0v) is 15.7. The number of carbonyl (C=O) groups excluding carboxylic acids is 2. The van der Waals surface area contributed by atoms with Crippen molar-refractivity contribution in [2.75, 3.05) is 19.6 Å². The molecule has 2 aliphatic rings. The molecule has 2 saturated heterocycles. The number of aromatic nitrogens is 2. The van der Waals surface area contributed by atoms with Gasteiger partial charge in [0.2, 0.25) is 11.8 Å². The zero-order chi connectivity index (χ0) is 20.0. The summed E-state index contributed by atoms with van der Waals surface area (Å²) in [6, 6.07) is 16.9. The van der Waals surface area contributed by atoms with Gasteiger partial charge in [-0.2, -0.15) is 5.10 Å². The quantitative estimate of drug-likeness (QED) is 0.732. The van der Waals surface area contributed by atoms with Crippen LogP contribution in [-0.2, 0) is 16.1 Å². The van der Waals surface area contributed by atoms with Gasteiger partial charge in [0.15, 0.2) is 0 Å². The lowest BCUT2D eigenvalue weighted by Gasteiger charge is -2.18. The number of carbonyl (C=O) groups is 2. The molecule has 2 atom stereocenters. The molecule has 2 aromatic carbocycles. The molecule has 1 N–H and O–H groups in total. The van der Waals surface area contributed by atoms with Crippen LogP contribution in [0.5, 0.6) is 0 Å². The number of likely N-dealkylation sites (tertiary alicyclic amines) is 1. The molecule has 1 aromatic heterocycles. The second-order valence-electron chi connectivity index (χ2n) is 7.63. The van der Waals surface area contributed by atoms with E-state index in [0.29, 0.717) is 30.7 Å². The Kier molecular flexibility index (Phi) is 4.16. The van der Waals surface area contributed by atoms with Gasteiger partial charge in [0, 0.05) is 36.5 Å². The Balaban J connectivity index is 1.51.